The minimum Gasteiger partial charge on any atom is -0.368 e. The summed E-state index contributed by atoms with van der Waals surface area (Å²) < 4.78 is 0. The van der Waals surface area contributed by atoms with E-state index >= 15 is 0 Å². The molecule has 0 saturated heterocycles. The Morgan fingerprint density at radius 1 is 1.33 bits per heavy atom. The predicted molar refractivity (Wildman–Crippen MR) is 85.0 cm³/mol. The minimum atomic E-state index is -0.810. The van der Waals surface area contributed by atoms with Gasteiger partial charge in [0, 0.05) is 22.9 Å². The summed E-state index contributed by atoms with van der Waals surface area (Å²) in [6.45, 7) is 0. The molecule has 0 unspecified atom stereocenters. The minimum absolute atomic E-state index is 0.140. The van der Waals surface area contributed by atoms with Gasteiger partial charge in [-0.3, -0.25) is 9.59 Å². The van der Waals surface area contributed by atoms with E-state index in [0.717, 1.165) is 16.5 Å². The van der Waals surface area contributed by atoms with Crippen LogP contribution in [0.15, 0.2) is 30.5 Å². The average molecular weight is 306 g/mol. The number of thiol groups is 1. The summed E-state index contributed by atoms with van der Waals surface area (Å²) >= 11 is 3.97. The van der Waals surface area contributed by atoms with Crippen molar-refractivity contribution in [2.45, 2.75) is 18.5 Å². The Balaban J connectivity index is 2.05. The fourth-order valence-electron chi connectivity index (χ4n) is 2.12. The number of primary amides is 1. The molecule has 2 amide bonds. The number of para-hydroxylation sites is 1. The summed E-state index contributed by atoms with van der Waals surface area (Å²) in [4.78, 5) is 26.2. The number of H-pyrrole nitrogens is 1. The van der Waals surface area contributed by atoms with Crippen molar-refractivity contribution in [2.24, 2.45) is 11.5 Å². The van der Waals surface area contributed by atoms with Crippen LogP contribution in [0.2, 0.25) is 0 Å². The zero-order valence-corrected chi connectivity index (χ0v) is 12.3. The normalized spacial score (nSPS) is 13.8. The SMILES string of the molecule is NC(=O)[C@H](CS)NC(=O)[C@@H](N)Cc1c[nH]c2ccccc12. The third-order valence-electron chi connectivity index (χ3n) is 3.29. The van der Waals surface area contributed by atoms with Gasteiger partial charge in [0.25, 0.3) is 0 Å². The standard InChI is InChI=1S/C14H18N4O2S/c15-10(14(20)18-12(7-21)13(16)19)5-8-6-17-11-4-2-1-3-9(8)11/h1-4,6,10,12,17,21H,5,7,15H2,(H2,16,19)(H,18,20)/t10-,12-/m0/s1. The largest absolute Gasteiger partial charge is 0.368 e. The second kappa shape index (κ2) is 6.64. The number of amides is 2. The first-order valence-corrected chi connectivity index (χ1v) is 7.17. The molecule has 0 radical (unpaired) electrons. The molecule has 1 aromatic carbocycles. The Bertz CT molecular complexity index is 655. The zero-order chi connectivity index (χ0) is 15.4. The number of benzene rings is 1. The van der Waals surface area contributed by atoms with Crippen molar-refractivity contribution < 1.29 is 9.59 Å². The molecule has 0 aliphatic rings. The van der Waals surface area contributed by atoms with Gasteiger partial charge in [0.1, 0.15) is 6.04 Å². The van der Waals surface area contributed by atoms with Gasteiger partial charge in [-0.15, -0.1) is 0 Å². The molecule has 0 bridgehead atoms. The molecule has 6 nitrogen and oxygen atoms in total. The lowest BCUT2D eigenvalue weighted by Crippen LogP contribution is -2.51. The van der Waals surface area contributed by atoms with E-state index in [2.05, 4.69) is 22.9 Å². The van der Waals surface area contributed by atoms with Gasteiger partial charge in [-0.1, -0.05) is 18.2 Å². The molecule has 0 aliphatic carbocycles. The van der Waals surface area contributed by atoms with Crippen molar-refractivity contribution in [3.05, 3.63) is 36.0 Å². The molecular weight excluding hydrogens is 288 g/mol. The molecule has 0 fully saturated rings. The third-order valence-corrected chi connectivity index (χ3v) is 3.66. The van der Waals surface area contributed by atoms with Gasteiger partial charge in [-0.25, -0.2) is 0 Å². The van der Waals surface area contributed by atoms with Crippen LogP contribution in [-0.4, -0.2) is 34.6 Å². The van der Waals surface area contributed by atoms with Crippen LogP contribution in [0.5, 0.6) is 0 Å². The summed E-state index contributed by atoms with van der Waals surface area (Å²) in [5, 5.41) is 3.53. The second-order valence-corrected chi connectivity index (χ2v) is 5.18. The van der Waals surface area contributed by atoms with E-state index in [1.54, 1.807) is 0 Å². The second-order valence-electron chi connectivity index (χ2n) is 4.82. The van der Waals surface area contributed by atoms with E-state index in [4.69, 9.17) is 11.5 Å². The molecule has 21 heavy (non-hydrogen) atoms. The molecule has 6 N–H and O–H groups in total. The number of aromatic amines is 1. The van der Waals surface area contributed by atoms with Gasteiger partial charge in [0.15, 0.2) is 0 Å². The Morgan fingerprint density at radius 3 is 2.71 bits per heavy atom. The topological polar surface area (TPSA) is 114 Å². The molecule has 1 heterocycles. The number of carbonyl (C=O) groups is 2. The molecule has 2 aromatic rings. The van der Waals surface area contributed by atoms with Crippen molar-refractivity contribution in [3.63, 3.8) is 0 Å². The summed E-state index contributed by atoms with van der Waals surface area (Å²) in [7, 11) is 0. The first-order chi connectivity index (χ1) is 10.0. The van der Waals surface area contributed by atoms with Crippen molar-refractivity contribution >= 4 is 35.3 Å². The molecular formula is C14H18N4O2S. The number of hydrogen-bond donors (Lipinski definition) is 5. The van der Waals surface area contributed by atoms with E-state index in [1.807, 2.05) is 30.5 Å². The number of aromatic nitrogens is 1. The third kappa shape index (κ3) is 3.56. The Labute approximate surface area is 127 Å². The number of hydrogen-bond acceptors (Lipinski definition) is 4. The van der Waals surface area contributed by atoms with Crippen LogP contribution in [-0.2, 0) is 16.0 Å². The van der Waals surface area contributed by atoms with Crippen LogP contribution in [0.3, 0.4) is 0 Å². The molecule has 2 rings (SSSR count). The fraction of sp³-hybridized carbons (Fsp3) is 0.286. The first-order valence-electron chi connectivity index (χ1n) is 6.54. The van der Waals surface area contributed by atoms with Crippen LogP contribution in [0.25, 0.3) is 10.9 Å². The lowest BCUT2D eigenvalue weighted by atomic mass is 10.0. The maximum absolute atomic E-state index is 12.0. The van der Waals surface area contributed by atoms with Gasteiger partial charge in [0.05, 0.1) is 6.04 Å². The van der Waals surface area contributed by atoms with E-state index < -0.39 is 23.9 Å². The predicted octanol–water partition coefficient (Wildman–Crippen LogP) is -0.0624. The first kappa shape index (κ1) is 15.4. The van der Waals surface area contributed by atoms with Crippen molar-refractivity contribution in [1.82, 2.24) is 10.3 Å². The Morgan fingerprint density at radius 2 is 2.05 bits per heavy atom. The maximum atomic E-state index is 12.0. The average Bonchev–Trinajstić information content (AvgIpc) is 2.87. The molecule has 112 valence electrons. The molecule has 2 atom stereocenters. The van der Waals surface area contributed by atoms with Crippen LogP contribution in [0.4, 0.5) is 0 Å². The molecule has 0 spiro atoms. The number of fused-ring (bicyclic) bond motifs is 1. The number of rotatable bonds is 6. The highest BCUT2D eigenvalue weighted by Crippen LogP contribution is 2.18. The summed E-state index contributed by atoms with van der Waals surface area (Å²) in [5.41, 5.74) is 13.0. The van der Waals surface area contributed by atoms with Crippen molar-refractivity contribution in [3.8, 4) is 0 Å². The van der Waals surface area contributed by atoms with E-state index in [9.17, 15) is 9.59 Å². The number of carbonyl (C=O) groups excluding carboxylic acids is 2. The Kier molecular flexibility index (Phi) is 4.87. The van der Waals surface area contributed by atoms with E-state index in [-0.39, 0.29) is 5.75 Å². The lowest BCUT2D eigenvalue weighted by Gasteiger charge is -2.16. The molecule has 0 aliphatic heterocycles. The van der Waals surface area contributed by atoms with Crippen LogP contribution in [0, 0.1) is 0 Å². The highest BCUT2D eigenvalue weighted by Gasteiger charge is 2.21. The Hall–Kier alpha value is -1.99. The fourth-order valence-corrected chi connectivity index (χ4v) is 2.39. The highest BCUT2D eigenvalue weighted by atomic mass is 32.1. The van der Waals surface area contributed by atoms with E-state index in [1.165, 1.54) is 0 Å². The summed E-state index contributed by atoms with van der Waals surface area (Å²) in [5.74, 6) is -0.906. The summed E-state index contributed by atoms with van der Waals surface area (Å²) in [6, 6.07) is 6.20. The molecule has 1 aromatic heterocycles. The summed E-state index contributed by atoms with van der Waals surface area (Å²) in [6.07, 6.45) is 2.20. The molecule has 0 saturated carbocycles. The quantitative estimate of drug-likeness (QED) is 0.482. The van der Waals surface area contributed by atoms with Gasteiger partial charge in [-0.05, 0) is 18.1 Å². The lowest BCUT2D eigenvalue weighted by molar-refractivity contribution is -0.127. The number of nitrogens with one attached hydrogen (secondary N) is 2. The van der Waals surface area contributed by atoms with Gasteiger partial charge in [0.2, 0.25) is 11.8 Å². The molecule has 7 heteroatoms. The monoisotopic (exact) mass is 306 g/mol. The van der Waals surface area contributed by atoms with Crippen molar-refractivity contribution in [2.75, 3.05) is 5.75 Å². The van der Waals surface area contributed by atoms with Crippen LogP contribution < -0.4 is 16.8 Å². The highest BCUT2D eigenvalue weighted by molar-refractivity contribution is 7.80. The van der Waals surface area contributed by atoms with Crippen LogP contribution in [0.1, 0.15) is 5.56 Å². The van der Waals surface area contributed by atoms with Gasteiger partial charge in [-0.2, -0.15) is 12.6 Å². The zero-order valence-electron chi connectivity index (χ0n) is 11.4. The maximum Gasteiger partial charge on any atom is 0.240 e. The van der Waals surface area contributed by atoms with Crippen molar-refractivity contribution in [1.29, 1.82) is 0 Å². The van der Waals surface area contributed by atoms with Gasteiger partial charge < -0.3 is 21.8 Å². The van der Waals surface area contributed by atoms with Crippen LogP contribution >= 0.6 is 12.6 Å². The number of nitrogens with two attached hydrogens (primary N) is 2. The van der Waals surface area contributed by atoms with E-state index in [0.29, 0.717) is 6.42 Å². The van der Waals surface area contributed by atoms with Gasteiger partial charge >= 0.3 is 0 Å². The smallest absolute Gasteiger partial charge is 0.240 e.